The van der Waals surface area contributed by atoms with Gasteiger partial charge in [-0.1, -0.05) is 0 Å². The molecule has 0 aromatic carbocycles. The van der Waals surface area contributed by atoms with Crippen molar-refractivity contribution < 1.29 is 0 Å². The number of hydrogen-bond donors (Lipinski definition) is 1. The van der Waals surface area contributed by atoms with E-state index in [0.29, 0.717) is 20.5 Å². The van der Waals surface area contributed by atoms with Crippen LogP contribution in [0.1, 0.15) is 23.5 Å². The van der Waals surface area contributed by atoms with E-state index >= 15 is 0 Å². The predicted molar refractivity (Wildman–Crippen MR) is 55.7 cm³/mol. The summed E-state index contributed by atoms with van der Waals surface area (Å²) in [6, 6.07) is 0.670. The van der Waals surface area contributed by atoms with Gasteiger partial charge in [0.1, 0.15) is 0 Å². The van der Waals surface area contributed by atoms with Crippen molar-refractivity contribution in [3.63, 3.8) is 0 Å². The third kappa shape index (κ3) is 2.16. The molecule has 0 fully saturated rings. The summed E-state index contributed by atoms with van der Waals surface area (Å²) in [4.78, 5) is 4.37. The van der Waals surface area contributed by atoms with Crippen molar-refractivity contribution in [2.75, 3.05) is 6.54 Å². The van der Waals surface area contributed by atoms with Crippen molar-refractivity contribution in [1.29, 1.82) is 0 Å². The fourth-order valence-corrected chi connectivity index (χ4v) is 4.30. The minimum absolute atomic E-state index is 0.352. The van der Waals surface area contributed by atoms with Gasteiger partial charge in [-0.3, -0.25) is 0 Å². The van der Waals surface area contributed by atoms with Crippen molar-refractivity contribution in [2.45, 2.75) is 32.2 Å². The SMILES string of the molecule is CCNC1CCc2nc(Cl)[se]c2C1. The molecule has 0 aliphatic heterocycles. The average molecular weight is 264 g/mol. The van der Waals surface area contributed by atoms with E-state index < -0.39 is 0 Å². The van der Waals surface area contributed by atoms with E-state index in [1.165, 1.54) is 23.0 Å². The standard InChI is InChI=1S/C9H13ClN2Se/c1-2-11-6-3-4-7-8(5-6)13-9(10)12-7/h6,11H,2-5H2,1H3. The first kappa shape index (κ1) is 9.72. The summed E-state index contributed by atoms with van der Waals surface area (Å²) in [7, 11) is 0. The Hall–Kier alpha value is 0.179. The number of hydrogen-bond acceptors (Lipinski definition) is 2. The number of likely N-dealkylation sites (N-methyl/N-ethyl adjacent to an activating group) is 1. The molecule has 0 spiro atoms. The third-order valence-electron chi connectivity index (χ3n) is 2.41. The van der Waals surface area contributed by atoms with Crippen molar-refractivity contribution in [3.8, 4) is 0 Å². The summed E-state index contributed by atoms with van der Waals surface area (Å²) in [6.07, 6.45) is 3.50. The maximum absolute atomic E-state index is 5.93. The predicted octanol–water partition coefficient (Wildman–Crippen LogP) is 1.26. The molecule has 1 unspecified atom stereocenters. The zero-order valence-electron chi connectivity index (χ0n) is 7.64. The Kier molecular flexibility index (Phi) is 3.10. The molecule has 0 saturated heterocycles. The van der Waals surface area contributed by atoms with Gasteiger partial charge in [-0.15, -0.1) is 0 Å². The van der Waals surface area contributed by atoms with Crippen LogP contribution in [-0.4, -0.2) is 32.1 Å². The first-order chi connectivity index (χ1) is 6.29. The molecule has 1 aliphatic rings. The van der Waals surface area contributed by atoms with Gasteiger partial charge in [0.25, 0.3) is 0 Å². The fraction of sp³-hybridized carbons (Fsp3) is 0.667. The molecule has 4 heteroatoms. The van der Waals surface area contributed by atoms with E-state index in [1.54, 1.807) is 0 Å². The number of aromatic nitrogens is 1. The molecule has 1 aromatic rings. The van der Waals surface area contributed by atoms with E-state index in [2.05, 4.69) is 17.2 Å². The molecule has 1 atom stereocenters. The summed E-state index contributed by atoms with van der Waals surface area (Å²) >= 11 is 6.28. The summed E-state index contributed by atoms with van der Waals surface area (Å²) < 4.78 is 2.37. The molecule has 1 aromatic heterocycles. The first-order valence-corrected chi connectivity index (χ1v) is 6.76. The molecular formula is C9H13ClN2Se. The van der Waals surface area contributed by atoms with Crippen molar-refractivity contribution in [3.05, 3.63) is 14.2 Å². The van der Waals surface area contributed by atoms with E-state index in [-0.39, 0.29) is 0 Å². The van der Waals surface area contributed by atoms with Gasteiger partial charge in [0.05, 0.1) is 0 Å². The molecule has 0 saturated carbocycles. The molecule has 0 radical (unpaired) electrons. The van der Waals surface area contributed by atoms with Crippen molar-refractivity contribution >= 4 is 26.1 Å². The topological polar surface area (TPSA) is 24.9 Å². The normalized spacial score (nSPS) is 21.5. The van der Waals surface area contributed by atoms with Crippen molar-refractivity contribution in [2.24, 2.45) is 0 Å². The number of aryl methyl sites for hydroxylation is 1. The third-order valence-corrected chi connectivity index (χ3v) is 4.80. The second-order valence-corrected chi connectivity index (χ2v) is 6.47. The Morgan fingerprint density at radius 2 is 2.54 bits per heavy atom. The molecular weight excluding hydrogens is 251 g/mol. The van der Waals surface area contributed by atoms with Crippen LogP contribution >= 0.6 is 11.6 Å². The van der Waals surface area contributed by atoms with Crippen LogP contribution in [0.15, 0.2) is 0 Å². The van der Waals surface area contributed by atoms with Gasteiger partial charge in [-0.25, -0.2) is 0 Å². The zero-order chi connectivity index (χ0) is 9.26. The van der Waals surface area contributed by atoms with Crippen molar-refractivity contribution in [1.82, 2.24) is 10.3 Å². The Morgan fingerprint density at radius 1 is 1.69 bits per heavy atom. The molecule has 1 N–H and O–H groups in total. The van der Waals surface area contributed by atoms with Gasteiger partial charge in [-0.05, 0) is 0 Å². The summed E-state index contributed by atoms with van der Waals surface area (Å²) in [5.41, 5.74) is 1.29. The quantitative estimate of drug-likeness (QED) is 0.813. The van der Waals surface area contributed by atoms with Crippen LogP contribution in [0, 0.1) is 0 Å². The summed E-state index contributed by atoms with van der Waals surface area (Å²) in [5, 5.41) is 3.49. The average Bonchev–Trinajstić information content (AvgIpc) is 2.44. The molecule has 0 bridgehead atoms. The second kappa shape index (κ2) is 4.14. The molecule has 1 aliphatic carbocycles. The number of nitrogens with one attached hydrogen (secondary N) is 1. The fourth-order valence-electron chi connectivity index (χ4n) is 1.81. The van der Waals surface area contributed by atoms with Gasteiger partial charge in [0.2, 0.25) is 0 Å². The first-order valence-electron chi connectivity index (χ1n) is 4.67. The van der Waals surface area contributed by atoms with Crippen LogP contribution in [0.2, 0.25) is 4.03 Å². The van der Waals surface area contributed by atoms with E-state index in [9.17, 15) is 0 Å². The number of nitrogens with zero attached hydrogens (tertiary/aromatic N) is 1. The maximum atomic E-state index is 5.93. The molecule has 2 nitrogen and oxygen atoms in total. The molecule has 0 amide bonds. The zero-order valence-corrected chi connectivity index (χ0v) is 10.1. The summed E-state index contributed by atoms with van der Waals surface area (Å²) in [5.74, 6) is 0. The summed E-state index contributed by atoms with van der Waals surface area (Å²) in [6.45, 7) is 3.22. The van der Waals surface area contributed by atoms with Gasteiger partial charge in [-0.2, -0.15) is 0 Å². The minimum atomic E-state index is 0.352. The molecule has 72 valence electrons. The van der Waals surface area contributed by atoms with Gasteiger partial charge < -0.3 is 0 Å². The van der Waals surface area contributed by atoms with Crippen LogP contribution in [0.5, 0.6) is 0 Å². The van der Waals surface area contributed by atoms with Gasteiger partial charge >= 0.3 is 89.3 Å². The van der Waals surface area contributed by atoms with Crippen LogP contribution < -0.4 is 5.32 Å². The number of fused-ring (bicyclic) bond motifs is 1. The van der Waals surface area contributed by atoms with E-state index in [0.717, 1.165) is 17.0 Å². The van der Waals surface area contributed by atoms with E-state index in [4.69, 9.17) is 11.6 Å². The van der Waals surface area contributed by atoms with Gasteiger partial charge in [0, 0.05) is 0 Å². The Balaban J connectivity index is 2.10. The van der Waals surface area contributed by atoms with Crippen LogP contribution in [-0.2, 0) is 12.8 Å². The molecule has 13 heavy (non-hydrogen) atoms. The van der Waals surface area contributed by atoms with Crippen LogP contribution in [0.3, 0.4) is 0 Å². The van der Waals surface area contributed by atoms with Gasteiger partial charge in [0.15, 0.2) is 0 Å². The van der Waals surface area contributed by atoms with Crippen LogP contribution in [0.25, 0.3) is 0 Å². The number of halogens is 1. The molecule has 2 rings (SSSR count). The Morgan fingerprint density at radius 3 is 3.31 bits per heavy atom. The second-order valence-electron chi connectivity index (χ2n) is 3.33. The molecule has 1 heterocycles. The van der Waals surface area contributed by atoms with E-state index in [1.807, 2.05) is 0 Å². The Labute approximate surface area is 89.4 Å². The number of rotatable bonds is 2. The Bertz CT molecular complexity index is 298. The van der Waals surface area contributed by atoms with Crippen LogP contribution in [0.4, 0.5) is 0 Å². The monoisotopic (exact) mass is 264 g/mol.